The van der Waals surface area contributed by atoms with E-state index in [4.69, 9.17) is 27.9 Å². The van der Waals surface area contributed by atoms with E-state index in [-0.39, 0.29) is 34.8 Å². The number of carbonyl (C=O) groups is 4. The van der Waals surface area contributed by atoms with Gasteiger partial charge in [-0.2, -0.15) is 0 Å². The molecule has 4 amide bonds. The molecular formula is C45H36Cl2F5N3O6. The van der Waals surface area contributed by atoms with Crippen molar-refractivity contribution in [3.8, 4) is 11.5 Å². The Balaban J connectivity index is 1.10. The Morgan fingerprint density at radius 1 is 0.738 bits per heavy atom. The van der Waals surface area contributed by atoms with E-state index < -0.39 is 110 Å². The number of phenols is 1. The minimum Gasteiger partial charge on any atom is -0.508 e. The van der Waals surface area contributed by atoms with Crippen molar-refractivity contribution >= 4 is 52.5 Å². The van der Waals surface area contributed by atoms with Crippen LogP contribution in [-0.4, -0.2) is 67.4 Å². The number of phenolic OH excluding ortho intramolecular Hbond substituents is 1. The number of nitrogens with zero attached hydrogens (tertiary/aromatic N) is 3. The van der Waals surface area contributed by atoms with Crippen LogP contribution in [0.3, 0.4) is 0 Å². The monoisotopic (exact) mass is 879 g/mol. The molecule has 16 heteroatoms. The summed E-state index contributed by atoms with van der Waals surface area (Å²) in [5.74, 6) is -21.6. The largest absolute Gasteiger partial charge is 0.508 e. The highest BCUT2D eigenvalue weighted by molar-refractivity contribution is 6.58. The molecule has 316 valence electrons. The Morgan fingerprint density at radius 2 is 1.34 bits per heavy atom. The third-order valence-corrected chi connectivity index (χ3v) is 14.4. The first kappa shape index (κ1) is 41.1. The first-order valence-corrected chi connectivity index (χ1v) is 20.5. The van der Waals surface area contributed by atoms with E-state index >= 15 is 8.78 Å². The van der Waals surface area contributed by atoms with Crippen molar-refractivity contribution in [3.05, 3.63) is 136 Å². The molecule has 4 aromatic rings. The topological polar surface area (TPSA) is 107 Å². The molecule has 4 fully saturated rings. The summed E-state index contributed by atoms with van der Waals surface area (Å²) in [7, 11) is 0. The van der Waals surface area contributed by atoms with Crippen molar-refractivity contribution in [2.45, 2.75) is 60.5 Å². The molecule has 3 aliphatic heterocycles. The Hall–Kier alpha value is -5.31. The van der Waals surface area contributed by atoms with Crippen molar-refractivity contribution < 1.29 is 51.0 Å². The summed E-state index contributed by atoms with van der Waals surface area (Å²) in [5, 5.41) is 11.7. The predicted octanol–water partition coefficient (Wildman–Crippen LogP) is 7.89. The maximum Gasteiger partial charge on any atom is 0.258 e. The lowest BCUT2D eigenvalue weighted by atomic mass is 9.56. The van der Waals surface area contributed by atoms with Crippen LogP contribution in [0.5, 0.6) is 11.5 Å². The Kier molecular flexibility index (Phi) is 10.3. The number of ether oxygens (including phenoxy) is 1. The van der Waals surface area contributed by atoms with E-state index in [0.717, 1.165) is 11.1 Å². The minimum atomic E-state index is -2.78. The Bertz CT molecular complexity index is 2500. The molecule has 0 radical (unpaired) electrons. The van der Waals surface area contributed by atoms with Crippen molar-refractivity contribution in [2.24, 2.45) is 17.8 Å². The summed E-state index contributed by atoms with van der Waals surface area (Å²) in [4.78, 5) is 55.9. The van der Waals surface area contributed by atoms with Crippen LogP contribution in [0.1, 0.15) is 48.3 Å². The van der Waals surface area contributed by atoms with Gasteiger partial charge in [-0.05, 0) is 48.8 Å². The molecule has 4 aromatic carbocycles. The van der Waals surface area contributed by atoms with E-state index in [1.165, 1.54) is 23.1 Å². The second kappa shape index (κ2) is 15.2. The van der Waals surface area contributed by atoms with Gasteiger partial charge in [-0.25, -0.2) is 26.9 Å². The molecule has 61 heavy (non-hydrogen) atoms. The molecule has 5 aliphatic rings. The van der Waals surface area contributed by atoms with Gasteiger partial charge in [0.15, 0.2) is 33.0 Å². The second-order valence-corrected chi connectivity index (χ2v) is 17.5. The number of fused-ring (bicyclic) bond motifs is 4. The van der Waals surface area contributed by atoms with Gasteiger partial charge >= 0.3 is 0 Å². The number of carbonyl (C=O) groups excluding carboxylic acids is 4. The number of piperidine rings is 1. The molecule has 3 heterocycles. The predicted molar refractivity (Wildman–Crippen MR) is 212 cm³/mol. The quantitative estimate of drug-likeness (QED) is 0.0479. The second-order valence-electron chi connectivity index (χ2n) is 16.2. The van der Waals surface area contributed by atoms with E-state index in [1.807, 2.05) is 60.7 Å². The smallest absolute Gasteiger partial charge is 0.258 e. The van der Waals surface area contributed by atoms with Crippen molar-refractivity contribution in [2.75, 3.05) is 18.0 Å². The lowest BCUT2D eigenvalue weighted by molar-refractivity contribution is -0.144. The highest BCUT2D eigenvalue weighted by Gasteiger charge is 2.77. The fourth-order valence-corrected chi connectivity index (χ4v) is 11.0. The number of amides is 4. The zero-order valence-corrected chi connectivity index (χ0v) is 33.6. The van der Waals surface area contributed by atoms with Crippen LogP contribution in [0.25, 0.3) is 0 Å². The summed E-state index contributed by atoms with van der Waals surface area (Å²) >= 11 is 14.5. The third-order valence-electron chi connectivity index (χ3n) is 13.0. The van der Waals surface area contributed by atoms with E-state index in [1.54, 1.807) is 6.08 Å². The zero-order valence-electron chi connectivity index (χ0n) is 32.1. The van der Waals surface area contributed by atoms with Crippen LogP contribution in [0.4, 0.5) is 27.6 Å². The van der Waals surface area contributed by atoms with Crippen LogP contribution >= 0.6 is 23.2 Å². The highest BCUT2D eigenvalue weighted by atomic mass is 35.5. The number of hydrogen-bond donors (Lipinski definition) is 1. The number of anilines is 1. The fraction of sp³-hybridized carbons (Fsp3) is 0.333. The maximum atomic E-state index is 15.5. The highest BCUT2D eigenvalue weighted by Crippen LogP contribution is 2.67. The lowest BCUT2D eigenvalue weighted by Gasteiger charge is -2.50. The van der Waals surface area contributed by atoms with E-state index in [9.17, 15) is 37.5 Å². The standard InChI is InChI=1S/C45H36Cl2F5N3O6/c46-44-20-30-27(13-14-29-32(30)41(58)54(40(29)57)25-15-17-53(18-16-25)21-23-7-3-1-4-8-23)33(28-12-11-26(19-31(28)56)61-22-24-9-5-2-6-10-24)45(44,47)43(60)55(42(44)59)39-37(51)35(49)34(48)36(50)38(39)52/h1-13,19,25,29-30,32-33,56H,14-18,20-22H2. The number of halogens is 7. The number of hydrogen-bond acceptors (Lipinski definition) is 7. The van der Waals surface area contributed by atoms with Gasteiger partial charge in [0.05, 0.1) is 11.8 Å². The third kappa shape index (κ3) is 6.26. The summed E-state index contributed by atoms with van der Waals surface area (Å²) in [6, 6.07) is 22.5. The summed E-state index contributed by atoms with van der Waals surface area (Å²) in [5.41, 5.74) is 0.180. The molecule has 0 spiro atoms. The van der Waals surface area contributed by atoms with Crippen molar-refractivity contribution in [1.82, 2.24) is 9.80 Å². The molecule has 3 saturated heterocycles. The molecular weight excluding hydrogens is 844 g/mol. The van der Waals surface area contributed by atoms with Gasteiger partial charge < -0.3 is 9.84 Å². The SMILES string of the molecule is O=C1C2CC=C3C(CC4(Cl)C(=O)N(c5c(F)c(F)c(F)c(F)c5F)C(=O)C4(Cl)C3c3ccc(OCc4ccccc4)cc3O)C2C(=O)N1C1CCN(Cc2ccccc2)CC1. The van der Waals surface area contributed by atoms with Gasteiger partial charge in [0.1, 0.15) is 23.8 Å². The number of allylic oxidation sites excluding steroid dienone is 2. The van der Waals surface area contributed by atoms with Crippen LogP contribution in [0, 0.1) is 46.8 Å². The number of imide groups is 2. The van der Waals surface area contributed by atoms with Gasteiger partial charge in [0, 0.05) is 43.2 Å². The minimum absolute atomic E-state index is 0.00823. The number of aromatic hydroxyl groups is 1. The molecule has 9 nitrogen and oxygen atoms in total. The van der Waals surface area contributed by atoms with Crippen LogP contribution in [-0.2, 0) is 32.3 Å². The van der Waals surface area contributed by atoms with Crippen LogP contribution in [0.15, 0.2) is 90.5 Å². The number of rotatable bonds is 8. The van der Waals surface area contributed by atoms with Gasteiger partial charge in [-0.15, -0.1) is 23.2 Å². The first-order chi connectivity index (χ1) is 29.2. The van der Waals surface area contributed by atoms with Crippen LogP contribution in [0.2, 0.25) is 0 Å². The molecule has 2 aliphatic carbocycles. The fourth-order valence-electron chi connectivity index (χ4n) is 10.1. The van der Waals surface area contributed by atoms with E-state index in [0.29, 0.717) is 32.5 Å². The first-order valence-electron chi connectivity index (χ1n) is 19.8. The van der Waals surface area contributed by atoms with Crippen molar-refractivity contribution in [1.29, 1.82) is 0 Å². The molecule has 6 atom stereocenters. The Morgan fingerprint density at radius 3 is 1.97 bits per heavy atom. The number of benzene rings is 4. The Labute approximate surface area is 356 Å². The summed E-state index contributed by atoms with van der Waals surface area (Å²) in [6.45, 7) is 2.01. The average molecular weight is 881 g/mol. The summed E-state index contributed by atoms with van der Waals surface area (Å²) < 4.78 is 80.3. The van der Waals surface area contributed by atoms with Crippen LogP contribution < -0.4 is 9.64 Å². The number of alkyl halides is 2. The average Bonchev–Trinajstić information content (AvgIpc) is 3.60. The number of likely N-dealkylation sites (tertiary alicyclic amines) is 2. The zero-order chi connectivity index (χ0) is 43.1. The molecule has 0 aromatic heterocycles. The summed E-state index contributed by atoms with van der Waals surface area (Å²) in [6.07, 6.45) is 1.95. The van der Waals surface area contributed by atoms with Gasteiger partial charge in [0.25, 0.3) is 11.8 Å². The molecule has 0 bridgehead atoms. The molecule has 1 saturated carbocycles. The lowest BCUT2D eigenvalue weighted by Crippen LogP contribution is -2.60. The molecule has 1 N–H and O–H groups in total. The van der Waals surface area contributed by atoms with E-state index in [2.05, 4.69) is 4.90 Å². The normalized spacial score (nSPS) is 27.9. The maximum absolute atomic E-state index is 15.5. The van der Waals surface area contributed by atoms with Gasteiger partial charge in [0.2, 0.25) is 17.6 Å². The van der Waals surface area contributed by atoms with Gasteiger partial charge in [-0.3, -0.25) is 29.0 Å². The van der Waals surface area contributed by atoms with Gasteiger partial charge in [-0.1, -0.05) is 78.4 Å². The van der Waals surface area contributed by atoms with Crippen molar-refractivity contribution in [3.63, 3.8) is 0 Å². The molecule has 6 unspecified atom stereocenters. The molecule has 9 rings (SSSR count).